The molecule has 3 N–H and O–H groups in total. The number of amides is 2. The van der Waals surface area contributed by atoms with E-state index in [1.807, 2.05) is 54.6 Å². The van der Waals surface area contributed by atoms with Gasteiger partial charge in [0.25, 0.3) is 0 Å². The van der Waals surface area contributed by atoms with E-state index in [9.17, 15) is 9.90 Å². The van der Waals surface area contributed by atoms with E-state index in [2.05, 4.69) is 10.6 Å². The molecule has 2 amide bonds. The van der Waals surface area contributed by atoms with Gasteiger partial charge in [-0.3, -0.25) is 0 Å². The molecule has 3 atom stereocenters. The normalized spacial score (nSPS) is 20.1. The van der Waals surface area contributed by atoms with Crippen LogP contribution in [0.15, 0.2) is 54.6 Å². The van der Waals surface area contributed by atoms with E-state index in [1.54, 1.807) is 7.11 Å². The molecule has 0 radical (unpaired) electrons. The van der Waals surface area contributed by atoms with E-state index in [0.29, 0.717) is 0 Å². The predicted molar refractivity (Wildman–Crippen MR) is 92.1 cm³/mol. The van der Waals surface area contributed by atoms with Crippen LogP contribution >= 0.6 is 0 Å². The second kappa shape index (κ2) is 7.36. The summed E-state index contributed by atoms with van der Waals surface area (Å²) in [6.45, 7) is -0.141. The van der Waals surface area contributed by atoms with Gasteiger partial charge >= 0.3 is 6.03 Å². The van der Waals surface area contributed by atoms with E-state index in [4.69, 9.17) is 4.74 Å². The Balaban J connectivity index is 1.57. The standard InChI is InChI=1S/C19H22N2O3/c1-24-18-10-6-5-9-14(18)15-11-16(15)20-19(23)21-17(12-22)13-7-3-2-4-8-13/h2-10,15-17,22H,11-12H2,1H3,(H2,20,21,23)/t15-,16+,17+/m0/s1. The summed E-state index contributed by atoms with van der Waals surface area (Å²) in [6.07, 6.45) is 0.892. The fourth-order valence-corrected chi connectivity index (χ4v) is 2.96. The van der Waals surface area contributed by atoms with Gasteiger partial charge in [0, 0.05) is 12.0 Å². The lowest BCUT2D eigenvalue weighted by Crippen LogP contribution is -2.40. The van der Waals surface area contributed by atoms with E-state index in [1.165, 1.54) is 0 Å². The lowest BCUT2D eigenvalue weighted by Gasteiger charge is -2.17. The van der Waals surface area contributed by atoms with Crippen LogP contribution in [0, 0.1) is 0 Å². The molecule has 0 heterocycles. The first kappa shape index (κ1) is 16.3. The van der Waals surface area contributed by atoms with Gasteiger partial charge in [-0.25, -0.2) is 4.79 Å². The van der Waals surface area contributed by atoms with Crippen LogP contribution in [0.1, 0.15) is 29.5 Å². The molecule has 5 heteroatoms. The quantitative estimate of drug-likeness (QED) is 0.764. The fourth-order valence-electron chi connectivity index (χ4n) is 2.96. The number of ether oxygens (including phenoxy) is 1. The van der Waals surface area contributed by atoms with Crippen LogP contribution in [-0.4, -0.2) is 30.9 Å². The number of carbonyl (C=O) groups excluding carboxylic acids is 1. The van der Waals surface area contributed by atoms with Crippen molar-refractivity contribution in [2.75, 3.05) is 13.7 Å². The van der Waals surface area contributed by atoms with Crippen LogP contribution in [0.5, 0.6) is 5.75 Å². The molecule has 0 aromatic heterocycles. The minimum Gasteiger partial charge on any atom is -0.496 e. The average Bonchev–Trinajstić information content (AvgIpc) is 3.39. The van der Waals surface area contributed by atoms with Crippen molar-refractivity contribution < 1.29 is 14.6 Å². The number of aliphatic hydroxyl groups excluding tert-OH is 1. The molecule has 5 nitrogen and oxygen atoms in total. The highest BCUT2D eigenvalue weighted by molar-refractivity contribution is 5.75. The summed E-state index contributed by atoms with van der Waals surface area (Å²) in [5.41, 5.74) is 2.00. The topological polar surface area (TPSA) is 70.6 Å². The van der Waals surface area contributed by atoms with Crippen LogP contribution in [0.2, 0.25) is 0 Å². The first-order chi connectivity index (χ1) is 11.7. The largest absolute Gasteiger partial charge is 0.496 e. The molecule has 24 heavy (non-hydrogen) atoms. The van der Waals surface area contributed by atoms with Gasteiger partial charge in [-0.05, 0) is 23.6 Å². The molecule has 126 valence electrons. The zero-order valence-corrected chi connectivity index (χ0v) is 13.6. The Morgan fingerprint density at radius 1 is 1.21 bits per heavy atom. The summed E-state index contributed by atoms with van der Waals surface area (Å²) < 4.78 is 5.38. The van der Waals surface area contributed by atoms with Crippen molar-refractivity contribution in [3.8, 4) is 5.75 Å². The second-order valence-electron chi connectivity index (χ2n) is 5.95. The van der Waals surface area contributed by atoms with E-state index >= 15 is 0 Å². The molecule has 0 aliphatic heterocycles. The first-order valence-electron chi connectivity index (χ1n) is 8.08. The number of hydrogen-bond donors (Lipinski definition) is 3. The van der Waals surface area contributed by atoms with Crippen LogP contribution in [-0.2, 0) is 0 Å². The number of rotatable bonds is 6. The van der Waals surface area contributed by atoms with Crippen molar-refractivity contribution in [2.45, 2.75) is 24.4 Å². The van der Waals surface area contributed by atoms with Crippen molar-refractivity contribution in [2.24, 2.45) is 0 Å². The molecule has 2 aromatic carbocycles. The van der Waals surface area contributed by atoms with Crippen LogP contribution < -0.4 is 15.4 Å². The third-order valence-electron chi connectivity index (χ3n) is 4.34. The third-order valence-corrected chi connectivity index (χ3v) is 4.34. The van der Waals surface area contributed by atoms with Crippen molar-refractivity contribution >= 4 is 6.03 Å². The van der Waals surface area contributed by atoms with Crippen LogP contribution in [0.25, 0.3) is 0 Å². The summed E-state index contributed by atoms with van der Waals surface area (Å²) in [4.78, 5) is 12.2. The molecular weight excluding hydrogens is 304 g/mol. The maximum absolute atomic E-state index is 12.2. The molecule has 1 aliphatic rings. The zero-order valence-electron chi connectivity index (χ0n) is 13.6. The molecule has 1 aliphatic carbocycles. The number of methoxy groups -OCH3 is 1. The molecule has 3 rings (SSSR count). The number of urea groups is 1. The molecule has 2 aromatic rings. The Bertz CT molecular complexity index is 690. The number of hydrogen-bond acceptors (Lipinski definition) is 3. The number of aliphatic hydroxyl groups is 1. The number of nitrogens with one attached hydrogen (secondary N) is 2. The van der Waals surface area contributed by atoms with Gasteiger partial charge in [-0.1, -0.05) is 48.5 Å². The fraction of sp³-hybridized carbons (Fsp3) is 0.316. The van der Waals surface area contributed by atoms with E-state index in [-0.39, 0.29) is 24.6 Å². The number of benzene rings is 2. The summed E-state index contributed by atoms with van der Waals surface area (Å²) in [6, 6.07) is 16.7. The summed E-state index contributed by atoms with van der Waals surface area (Å²) in [7, 11) is 1.65. The van der Waals surface area contributed by atoms with Crippen molar-refractivity contribution in [1.82, 2.24) is 10.6 Å². The average molecular weight is 326 g/mol. The van der Waals surface area contributed by atoms with Gasteiger partial charge in [0.05, 0.1) is 19.8 Å². The highest BCUT2D eigenvalue weighted by Gasteiger charge is 2.41. The maximum Gasteiger partial charge on any atom is 0.315 e. The van der Waals surface area contributed by atoms with Gasteiger partial charge in [-0.15, -0.1) is 0 Å². The third kappa shape index (κ3) is 3.68. The maximum atomic E-state index is 12.2. The lowest BCUT2D eigenvalue weighted by atomic mass is 10.1. The molecule has 0 spiro atoms. The summed E-state index contributed by atoms with van der Waals surface area (Å²) in [5, 5.41) is 15.3. The van der Waals surface area contributed by atoms with Gasteiger partial charge in [0.2, 0.25) is 0 Å². The first-order valence-corrected chi connectivity index (χ1v) is 8.08. The van der Waals surface area contributed by atoms with E-state index in [0.717, 1.165) is 23.3 Å². The van der Waals surface area contributed by atoms with Gasteiger partial charge < -0.3 is 20.5 Å². The highest BCUT2D eigenvalue weighted by atomic mass is 16.5. The molecule has 1 fully saturated rings. The molecule has 1 saturated carbocycles. The van der Waals surface area contributed by atoms with E-state index < -0.39 is 6.04 Å². The molecular formula is C19H22N2O3. The van der Waals surface area contributed by atoms with Crippen molar-refractivity contribution in [3.05, 3.63) is 65.7 Å². The van der Waals surface area contributed by atoms with Crippen LogP contribution in [0.4, 0.5) is 4.79 Å². The summed E-state index contributed by atoms with van der Waals surface area (Å²) >= 11 is 0. The Hall–Kier alpha value is -2.53. The Morgan fingerprint density at radius 2 is 1.92 bits per heavy atom. The summed E-state index contributed by atoms with van der Waals surface area (Å²) in [5.74, 6) is 1.13. The Kier molecular flexibility index (Phi) is 5.01. The highest BCUT2D eigenvalue weighted by Crippen LogP contribution is 2.44. The second-order valence-corrected chi connectivity index (χ2v) is 5.95. The molecule has 0 saturated heterocycles. The van der Waals surface area contributed by atoms with Crippen LogP contribution in [0.3, 0.4) is 0 Å². The smallest absolute Gasteiger partial charge is 0.315 e. The lowest BCUT2D eigenvalue weighted by molar-refractivity contribution is 0.216. The predicted octanol–water partition coefficient (Wildman–Crippen LogP) is 2.58. The monoisotopic (exact) mass is 326 g/mol. The molecule has 0 unspecified atom stereocenters. The Morgan fingerprint density at radius 3 is 2.62 bits per heavy atom. The van der Waals surface area contributed by atoms with Gasteiger partial charge in [-0.2, -0.15) is 0 Å². The SMILES string of the molecule is COc1ccccc1[C@@H]1C[C@H]1NC(=O)N[C@H](CO)c1ccccc1. The minimum absolute atomic E-state index is 0.0939. The zero-order chi connectivity index (χ0) is 16.9. The van der Waals surface area contributed by atoms with Gasteiger partial charge in [0.1, 0.15) is 5.75 Å². The Labute approximate surface area is 141 Å². The molecule has 0 bridgehead atoms. The van der Waals surface area contributed by atoms with Crippen molar-refractivity contribution in [1.29, 1.82) is 0 Å². The number of para-hydroxylation sites is 1. The van der Waals surface area contributed by atoms with Gasteiger partial charge in [0.15, 0.2) is 0 Å². The minimum atomic E-state index is -0.408. The number of carbonyl (C=O) groups is 1. The van der Waals surface area contributed by atoms with Crippen molar-refractivity contribution in [3.63, 3.8) is 0 Å².